The number of nitrogens with zero attached hydrogens (tertiary/aromatic N) is 3. The molecule has 0 radical (unpaired) electrons. The summed E-state index contributed by atoms with van der Waals surface area (Å²) in [4.78, 5) is 30.8. The fraction of sp³-hybridized carbons (Fsp3) is 0.320. The number of hydrogen-bond acceptors (Lipinski definition) is 5. The van der Waals surface area contributed by atoms with Gasteiger partial charge in [-0.1, -0.05) is 11.6 Å². The van der Waals surface area contributed by atoms with E-state index in [-0.39, 0.29) is 19.4 Å². The molecular weight excluding hydrogens is 494 g/mol. The van der Waals surface area contributed by atoms with Crippen molar-refractivity contribution in [2.75, 3.05) is 11.9 Å². The molecule has 10 heteroatoms. The first kappa shape index (κ1) is 22.4. The second kappa shape index (κ2) is 8.27. The Kier molecular flexibility index (Phi) is 5.30. The number of thiophene rings is 1. The molecule has 1 aliphatic carbocycles. The summed E-state index contributed by atoms with van der Waals surface area (Å²) >= 11 is 7.90. The molecule has 6 rings (SSSR count). The Hall–Kier alpha value is -3.04. The third-order valence-corrected chi connectivity index (χ3v) is 8.09. The minimum Gasteiger partial charge on any atom is -0.384 e. The van der Waals surface area contributed by atoms with Gasteiger partial charge in [-0.3, -0.25) is 18.9 Å². The smallest absolute Gasteiger partial charge is 0.331 e. The van der Waals surface area contributed by atoms with E-state index < -0.39 is 23.2 Å². The molecule has 2 aliphatic rings. The van der Waals surface area contributed by atoms with Crippen molar-refractivity contribution in [3.63, 3.8) is 0 Å². The van der Waals surface area contributed by atoms with Crippen molar-refractivity contribution in [3.05, 3.63) is 79.0 Å². The van der Waals surface area contributed by atoms with Gasteiger partial charge in [0.15, 0.2) is 0 Å². The zero-order valence-electron chi connectivity index (χ0n) is 18.6. The van der Waals surface area contributed by atoms with E-state index in [2.05, 4.69) is 10.3 Å². The Balaban J connectivity index is 1.40. The molecule has 1 aliphatic heterocycles. The van der Waals surface area contributed by atoms with E-state index in [1.807, 2.05) is 24.3 Å². The Morgan fingerprint density at radius 1 is 1.17 bits per heavy atom. The van der Waals surface area contributed by atoms with Crippen LogP contribution in [-0.4, -0.2) is 26.6 Å². The van der Waals surface area contributed by atoms with Gasteiger partial charge in [0.1, 0.15) is 0 Å². The van der Waals surface area contributed by atoms with Crippen LogP contribution in [0.4, 0.5) is 14.5 Å². The number of nitrogens with one attached hydrogen (secondary N) is 1. The maximum Gasteiger partial charge on any atom is 0.331 e. The zero-order valence-corrected chi connectivity index (χ0v) is 20.1. The lowest BCUT2D eigenvalue weighted by molar-refractivity contribution is -0.105. The van der Waals surface area contributed by atoms with Crippen molar-refractivity contribution < 1.29 is 8.78 Å². The van der Waals surface area contributed by atoms with Crippen LogP contribution in [0.1, 0.15) is 35.7 Å². The van der Waals surface area contributed by atoms with E-state index in [1.165, 1.54) is 33.7 Å². The molecule has 4 aromatic rings. The first-order valence-corrected chi connectivity index (χ1v) is 12.6. The van der Waals surface area contributed by atoms with E-state index in [9.17, 15) is 18.4 Å². The number of benzene rings is 1. The summed E-state index contributed by atoms with van der Waals surface area (Å²) in [5, 5.41) is 4.17. The second-order valence-corrected chi connectivity index (χ2v) is 10.7. The summed E-state index contributed by atoms with van der Waals surface area (Å²) in [6.07, 6.45) is 4.28. The maximum atomic E-state index is 13.4. The first-order valence-electron chi connectivity index (χ1n) is 11.4. The SMILES string of the molecule is O=c1ccn(C2CC(F)(F)C2)c(=O)n1Cc1cc2nccc(-c3cc(Cl)cc4c3NCCC4)c2s1. The summed E-state index contributed by atoms with van der Waals surface area (Å²) < 4.78 is 30.0. The molecular formula is C25H21ClF2N4O2S. The number of alkyl halides is 2. The summed E-state index contributed by atoms with van der Waals surface area (Å²) in [6, 6.07) is 8.43. The maximum absolute atomic E-state index is 13.4. The molecule has 0 bridgehead atoms. The summed E-state index contributed by atoms with van der Waals surface area (Å²) in [5.41, 5.74) is 3.95. The van der Waals surface area contributed by atoms with Gasteiger partial charge >= 0.3 is 5.69 Å². The number of halogens is 3. The highest BCUT2D eigenvalue weighted by atomic mass is 35.5. The third-order valence-electron chi connectivity index (χ3n) is 6.73. The summed E-state index contributed by atoms with van der Waals surface area (Å²) in [6.45, 7) is 0.940. The van der Waals surface area contributed by atoms with Crippen LogP contribution in [0.2, 0.25) is 5.02 Å². The third kappa shape index (κ3) is 3.96. The monoisotopic (exact) mass is 514 g/mol. The number of pyridine rings is 1. The fourth-order valence-electron chi connectivity index (χ4n) is 4.99. The average Bonchev–Trinajstić information content (AvgIpc) is 3.22. The van der Waals surface area contributed by atoms with E-state index in [4.69, 9.17) is 11.6 Å². The molecule has 1 N–H and O–H groups in total. The van der Waals surface area contributed by atoms with Gasteiger partial charge in [-0.05, 0) is 42.7 Å². The molecule has 35 heavy (non-hydrogen) atoms. The van der Waals surface area contributed by atoms with Gasteiger partial charge in [-0.2, -0.15) is 0 Å². The minimum atomic E-state index is -2.76. The highest BCUT2D eigenvalue weighted by Crippen LogP contribution is 2.45. The lowest BCUT2D eigenvalue weighted by Gasteiger charge is -2.35. The van der Waals surface area contributed by atoms with Crippen molar-refractivity contribution in [3.8, 4) is 11.1 Å². The highest BCUT2D eigenvalue weighted by Gasteiger charge is 2.46. The molecule has 1 saturated carbocycles. The summed E-state index contributed by atoms with van der Waals surface area (Å²) in [7, 11) is 0. The lowest BCUT2D eigenvalue weighted by atomic mass is 9.88. The normalized spacial score (nSPS) is 17.1. The molecule has 180 valence electrons. The topological polar surface area (TPSA) is 68.9 Å². The van der Waals surface area contributed by atoms with E-state index in [0.29, 0.717) is 5.02 Å². The van der Waals surface area contributed by atoms with E-state index in [0.717, 1.165) is 55.9 Å². The van der Waals surface area contributed by atoms with E-state index in [1.54, 1.807) is 6.20 Å². The van der Waals surface area contributed by atoms with Crippen LogP contribution in [0.5, 0.6) is 0 Å². The first-order chi connectivity index (χ1) is 16.8. The number of fused-ring (bicyclic) bond motifs is 2. The highest BCUT2D eigenvalue weighted by molar-refractivity contribution is 7.19. The van der Waals surface area contributed by atoms with Crippen molar-refractivity contribution in [2.24, 2.45) is 0 Å². The van der Waals surface area contributed by atoms with Gasteiger partial charge in [0.05, 0.1) is 16.8 Å². The van der Waals surface area contributed by atoms with Gasteiger partial charge in [0.25, 0.3) is 11.5 Å². The van der Waals surface area contributed by atoms with Crippen LogP contribution in [0.25, 0.3) is 21.3 Å². The molecule has 1 fully saturated rings. The van der Waals surface area contributed by atoms with Gasteiger partial charge in [-0.25, -0.2) is 13.6 Å². The van der Waals surface area contributed by atoms with Gasteiger partial charge in [0.2, 0.25) is 0 Å². The van der Waals surface area contributed by atoms with Crippen molar-refractivity contribution >= 4 is 38.8 Å². The Labute approximate surface area is 207 Å². The molecule has 0 atom stereocenters. The van der Waals surface area contributed by atoms with Crippen molar-refractivity contribution in [2.45, 2.75) is 44.2 Å². The van der Waals surface area contributed by atoms with E-state index >= 15 is 0 Å². The standard InChI is InChI=1S/C25H21ClF2N4O2S/c26-15-8-14-2-1-5-30-22(14)19(9-15)18-3-6-29-20-10-17(35-23(18)20)13-32-21(33)4-7-31(24(32)34)16-11-25(27,28)12-16/h3-4,6-10,16,30H,1-2,5,11-13H2. The number of anilines is 1. The van der Waals surface area contributed by atoms with Crippen LogP contribution < -0.4 is 16.6 Å². The lowest BCUT2D eigenvalue weighted by Crippen LogP contribution is -2.46. The number of aromatic nitrogens is 3. The van der Waals surface area contributed by atoms with Crippen LogP contribution >= 0.6 is 22.9 Å². The van der Waals surface area contributed by atoms with Crippen molar-refractivity contribution in [1.82, 2.24) is 14.1 Å². The predicted octanol–water partition coefficient (Wildman–Crippen LogP) is 5.32. The minimum absolute atomic E-state index is 0.0496. The number of hydrogen-bond donors (Lipinski definition) is 1. The van der Waals surface area contributed by atoms with Crippen molar-refractivity contribution in [1.29, 1.82) is 0 Å². The largest absolute Gasteiger partial charge is 0.384 e. The fourth-order valence-corrected chi connectivity index (χ4v) is 6.36. The molecule has 4 heterocycles. The van der Waals surface area contributed by atoms with Crippen LogP contribution in [0.15, 0.2) is 52.3 Å². The van der Waals surface area contributed by atoms with Crippen LogP contribution in [-0.2, 0) is 13.0 Å². The Morgan fingerprint density at radius 3 is 2.80 bits per heavy atom. The Morgan fingerprint density at radius 2 is 2.00 bits per heavy atom. The predicted molar refractivity (Wildman–Crippen MR) is 134 cm³/mol. The van der Waals surface area contributed by atoms with Gasteiger partial charge < -0.3 is 5.32 Å². The van der Waals surface area contributed by atoms with Gasteiger partial charge in [-0.15, -0.1) is 11.3 Å². The summed E-state index contributed by atoms with van der Waals surface area (Å²) in [5.74, 6) is -2.76. The quantitative estimate of drug-likeness (QED) is 0.400. The molecule has 3 aromatic heterocycles. The Bertz CT molecular complexity index is 1580. The number of aryl methyl sites for hydroxylation is 1. The number of rotatable bonds is 4. The molecule has 0 amide bonds. The molecule has 1 aromatic carbocycles. The van der Waals surface area contributed by atoms with Crippen LogP contribution in [0.3, 0.4) is 0 Å². The average molecular weight is 515 g/mol. The second-order valence-electron chi connectivity index (χ2n) is 9.15. The molecule has 6 nitrogen and oxygen atoms in total. The molecule has 0 spiro atoms. The zero-order chi connectivity index (χ0) is 24.3. The molecule has 0 unspecified atom stereocenters. The van der Waals surface area contributed by atoms with Crippen LogP contribution in [0, 0.1) is 0 Å². The van der Waals surface area contributed by atoms with Gasteiger partial charge in [0, 0.05) is 70.6 Å². The molecule has 0 saturated heterocycles.